The molecule has 0 aromatic heterocycles. The van der Waals surface area contributed by atoms with Gasteiger partial charge in [0.25, 0.3) is 0 Å². The van der Waals surface area contributed by atoms with E-state index in [1.807, 2.05) is 0 Å². The summed E-state index contributed by atoms with van der Waals surface area (Å²) in [6.45, 7) is 2.83. The molecule has 0 saturated heterocycles. The number of benzene rings is 1. The Hall–Kier alpha value is -1.73. The van der Waals surface area contributed by atoms with Crippen LogP contribution < -0.4 is 10.5 Å². The third kappa shape index (κ3) is 3.64. The molecule has 0 aliphatic heterocycles. The van der Waals surface area contributed by atoms with Crippen molar-refractivity contribution in [2.75, 3.05) is 5.32 Å². The van der Waals surface area contributed by atoms with Crippen LogP contribution in [0.25, 0.3) is 0 Å². The van der Waals surface area contributed by atoms with Crippen LogP contribution in [0.3, 0.4) is 0 Å². The minimum absolute atomic E-state index is 0.0527. The number of sulfonamides is 1. The fourth-order valence-electron chi connectivity index (χ4n) is 1.48. The first-order valence-corrected chi connectivity index (χ1v) is 6.68. The minimum Gasteiger partial charge on any atom is -0.325 e. The minimum atomic E-state index is -3.83. The van der Waals surface area contributed by atoms with Crippen LogP contribution in [0, 0.1) is 6.92 Å². The second kappa shape index (κ2) is 5.28. The van der Waals surface area contributed by atoms with E-state index in [2.05, 4.69) is 5.32 Å². The lowest BCUT2D eigenvalue weighted by Gasteiger charge is -2.10. The van der Waals surface area contributed by atoms with Gasteiger partial charge in [0.2, 0.25) is 15.9 Å². The van der Waals surface area contributed by atoms with Crippen LogP contribution in [0.5, 0.6) is 0 Å². The Morgan fingerprint density at radius 2 is 1.94 bits per heavy atom. The van der Waals surface area contributed by atoms with Crippen molar-refractivity contribution in [1.29, 1.82) is 0 Å². The molecular formula is C11H14N2O4S. The Labute approximate surface area is 105 Å². The summed E-state index contributed by atoms with van der Waals surface area (Å²) in [5.41, 5.74) is 0.671. The highest BCUT2D eigenvalue weighted by molar-refractivity contribution is 7.89. The first-order valence-electron chi connectivity index (χ1n) is 5.13. The molecule has 0 aliphatic carbocycles. The molecule has 3 N–H and O–H groups in total. The quantitative estimate of drug-likeness (QED) is 0.779. The molecule has 0 spiro atoms. The highest BCUT2D eigenvalue weighted by Gasteiger charge is 2.15. The molecule has 0 heterocycles. The van der Waals surface area contributed by atoms with E-state index in [4.69, 9.17) is 5.14 Å². The number of carbonyl (C=O) groups excluding carboxylic acids is 2. The summed E-state index contributed by atoms with van der Waals surface area (Å²) in [6, 6.07) is 4.36. The topological polar surface area (TPSA) is 106 Å². The van der Waals surface area contributed by atoms with E-state index in [0.717, 1.165) is 0 Å². The van der Waals surface area contributed by atoms with Crippen molar-refractivity contribution in [3.8, 4) is 0 Å². The van der Waals surface area contributed by atoms with Crippen LogP contribution in [-0.4, -0.2) is 20.1 Å². The van der Waals surface area contributed by atoms with Crippen molar-refractivity contribution in [2.45, 2.75) is 25.2 Å². The zero-order valence-corrected chi connectivity index (χ0v) is 10.9. The van der Waals surface area contributed by atoms with Gasteiger partial charge in [-0.1, -0.05) is 6.07 Å². The molecule has 0 unspecified atom stereocenters. The largest absolute Gasteiger partial charge is 0.325 e. The first-order chi connectivity index (χ1) is 8.21. The normalized spacial score (nSPS) is 11.1. The number of nitrogens with one attached hydrogen (secondary N) is 1. The van der Waals surface area contributed by atoms with Crippen molar-refractivity contribution >= 4 is 27.4 Å². The Bertz CT molecular complexity index is 593. The molecule has 1 aromatic carbocycles. The maximum Gasteiger partial charge on any atom is 0.238 e. The second-order valence-electron chi connectivity index (χ2n) is 3.90. The van der Waals surface area contributed by atoms with Crippen LogP contribution >= 0.6 is 0 Å². The zero-order valence-electron chi connectivity index (χ0n) is 10.1. The fraction of sp³-hybridized carbons (Fsp3) is 0.273. The Morgan fingerprint density at radius 1 is 1.33 bits per heavy atom. The summed E-state index contributed by atoms with van der Waals surface area (Å²) in [5, 5.41) is 7.52. The summed E-state index contributed by atoms with van der Waals surface area (Å²) < 4.78 is 22.6. The molecular weight excluding hydrogens is 256 g/mol. The van der Waals surface area contributed by atoms with Crippen LogP contribution in [0.15, 0.2) is 23.1 Å². The van der Waals surface area contributed by atoms with Gasteiger partial charge < -0.3 is 5.32 Å². The smallest absolute Gasteiger partial charge is 0.238 e. The van der Waals surface area contributed by atoms with Gasteiger partial charge in [0.05, 0.1) is 11.3 Å². The summed E-state index contributed by atoms with van der Waals surface area (Å²) in [7, 11) is -3.83. The van der Waals surface area contributed by atoms with Gasteiger partial charge in [-0.05, 0) is 31.5 Å². The monoisotopic (exact) mass is 270 g/mol. The van der Waals surface area contributed by atoms with Gasteiger partial charge in [-0.25, -0.2) is 13.6 Å². The van der Waals surface area contributed by atoms with Crippen molar-refractivity contribution < 1.29 is 18.0 Å². The maximum atomic E-state index is 11.4. The predicted octanol–water partition coefficient (Wildman–Crippen LogP) is 0.560. The van der Waals surface area contributed by atoms with Crippen LogP contribution in [0.1, 0.15) is 18.9 Å². The number of Topliss-reactive ketones (excluding diaryl/α,β-unsaturated/α-hetero) is 1. The number of amides is 1. The van der Waals surface area contributed by atoms with Gasteiger partial charge in [-0.15, -0.1) is 0 Å². The molecule has 0 saturated carbocycles. The highest BCUT2D eigenvalue weighted by Crippen LogP contribution is 2.22. The van der Waals surface area contributed by atoms with Crippen molar-refractivity contribution in [3.05, 3.63) is 23.8 Å². The molecule has 1 amide bonds. The van der Waals surface area contributed by atoms with Crippen molar-refractivity contribution in [2.24, 2.45) is 5.14 Å². The molecule has 98 valence electrons. The Kier molecular flexibility index (Phi) is 4.20. The van der Waals surface area contributed by atoms with E-state index in [1.54, 1.807) is 6.07 Å². The fourth-order valence-corrected chi connectivity index (χ4v) is 2.28. The lowest BCUT2D eigenvalue weighted by molar-refractivity contribution is -0.124. The van der Waals surface area contributed by atoms with E-state index < -0.39 is 15.9 Å². The molecule has 0 atom stereocenters. The van der Waals surface area contributed by atoms with Crippen molar-refractivity contribution in [1.82, 2.24) is 0 Å². The molecule has 0 aliphatic rings. The lowest BCUT2D eigenvalue weighted by Crippen LogP contribution is -2.18. The standard InChI is InChI=1S/C11H14N2O4S/c1-7(14)6-11(15)13-9-4-3-5-10(8(9)2)18(12,16)17/h3-5H,6H2,1-2H3,(H,13,15)(H2,12,16,17). The van der Waals surface area contributed by atoms with Gasteiger partial charge in [0.15, 0.2) is 0 Å². The van der Waals surface area contributed by atoms with E-state index in [9.17, 15) is 18.0 Å². The van der Waals surface area contributed by atoms with Gasteiger partial charge in [-0.3, -0.25) is 9.59 Å². The SMILES string of the molecule is CC(=O)CC(=O)Nc1cccc(S(N)(=O)=O)c1C. The van der Waals surface area contributed by atoms with E-state index >= 15 is 0 Å². The molecule has 1 rings (SSSR count). The lowest BCUT2D eigenvalue weighted by atomic mass is 10.2. The first kappa shape index (κ1) is 14.3. The van der Waals surface area contributed by atoms with Gasteiger partial charge >= 0.3 is 0 Å². The zero-order chi connectivity index (χ0) is 13.9. The Morgan fingerprint density at radius 3 is 2.44 bits per heavy atom. The molecule has 0 bridgehead atoms. The Balaban J connectivity index is 3.06. The average molecular weight is 270 g/mol. The second-order valence-corrected chi connectivity index (χ2v) is 5.43. The number of nitrogens with two attached hydrogens (primary N) is 1. The van der Waals surface area contributed by atoms with E-state index in [-0.39, 0.29) is 17.1 Å². The summed E-state index contributed by atoms with van der Waals surface area (Å²) in [6.07, 6.45) is -0.251. The highest BCUT2D eigenvalue weighted by atomic mass is 32.2. The van der Waals surface area contributed by atoms with Crippen LogP contribution in [0.2, 0.25) is 0 Å². The van der Waals surface area contributed by atoms with Gasteiger partial charge in [0.1, 0.15) is 5.78 Å². The number of rotatable bonds is 4. The molecule has 1 aromatic rings. The molecule has 7 heteroatoms. The molecule has 0 radical (unpaired) electrons. The third-order valence-electron chi connectivity index (χ3n) is 2.27. The number of ketones is 1. The summed E-state index contributed by atoms with van der Waals surface area (Å²) >= 11 is 0. The number of anilines is 1. The summed E-state index contributed by atoms with van der Waals surface area (Å²) in [4.78, 5) is 22.1. The van der Waals surface area contributed by atoms with Crippen molar-refractivity contribution in [3.63, 3.8) is 0 Å². The molecule has 0 fully saturated rings. The third-order valence-corrected chi connectivity index (χ3v) is 3.33. The van der Waals surface area contributed by atoms with E-state index in [0.29, 0.717) is 11.3 Å². The number of hydrogen-bond donors (Lipinski definition) is 2. The molecule has 18 heavy (non-hydrogen) atoms. The van der Waals surface area contributed by atoms with Gasteiger partial charge in [0, 0.05) is 5.69 Å². The number of hydrogen-bond acceptors (Lipinski definition) is 4. The maximum absolute atomic E-state index is 11.4. The van der Waals surface area contributed by atoms with Crippen LogP contribution in [0.4, 0.5) is 5.69 Å². The average Bonchev–Trinajstić information content (AvgIpc) is 2.18. The number of carbonyl (C=O) groups is 2. The molecule has 6 nitrogen and oxygen atoms in total. The van der Waals surface area contributed by atoms with E-state index in [1.165, 1.54) is 26.0 Å². The number of primary sulfonamides is 1. The van der Waals surface area contributed by atoms with Crippen LogP contribution in [-0.2, 0) is 19.6 Å². The summed E-state index contributed by atoms with van der Waals surface area (Å²) in [5.74, 6) is -0.759. The van der Waals surface area contributed by atoms with Gasteiger partial charge in [-0.2, -0.15) is 0 Å². The predicted molar refractivity (Wildman–Crippen MR) is 66.5 cm³/mol.